The number of hydrogen-bond acceptors (Lipinski definition) is 5. The van der Waals surface area contributed by atoms with Crippen molar-refractivity contribution in [2.24, 2.45) is 0 Å². The zero-order valence-electron chi connectivity index (χ0n) is 10.7. The number of benzene rings is 1. The molecule has 0 saturated carbocycles. The first-order valence-electron chi connectivity index (χ1n) is 5.79. The second-order valence-corrected chi connectivity index (χ2v) is 9.12. The van der Waals surface area contributed by atoms with Gasteiger partial charge in [0.25, 0.3) is 0 Å². The van der Waals surface area contributed by atoms with Gasteiger partial charge in [-0.2, -0.15) is 0 Å². The van der Waals surface area contributed by atoms with E-state index in [2.05, 4.69) is 4.72 Å². The molecule has 1 N–H and O–H groups in total. The lowest BCUT2D eigenvalue weighted by Gasteiger charge is -2.13. The van der Waals surface area contributed by atoms with E-state index in [-0.39, 0.29) is 28.6 Å². The van der Waals surface area contributed by atoms with E-state index < -0.39 is 25.1 Å². The second kappa shape index (κ2) is 5.42. The largest absolute Gasteiger partial charge is 0.495 e. The Labute approximate surface area is 123 Å². The molecule has 0 aromatic heterocycles. The molecule has 1 aromatic carbocycles. The molecule has 1 unspecified atom stereocenters. The van der Waals surface area contributed by atoms with Crippen molar-refractivity contribution in [1.82, 2.24) is 0 Å². The summed E-state index contributed by atoms with van der Waals surface area (Å²) >= 11 is 5.91. The summed E-state index contributed by atoms with van der Waals surface area (Å²) < 4.78 is 54.2. The third kappa shape index (κ3) is 3.36. The maximum absolute atomic E-state index is 12.1. The highest BCUT2D eigenvalue weighted by Crippen LogP contribution is 2.29. The second-order valence-electron chi connectivity index (χ2n) is 4.52. The molecule has 0 bridgehead atoms. The number of sulfonamides is 1. The van der Waals surface area contributed by atoms with Crippen LogP contribution in [0.3, 0.4) is 0 Å². The van der Waals surface area contributed by atoms with E-state index in [1.807, 2.05) is 0 Å². The van der Waals surface area contributed by atoms with E-state index in [9.17, 15) is 16.8 Å². The number of rotatable bonds is 4. The van der Waals surface area contributed by atoms with Crippen molar-refractivity contribution in [3.63, 3.8) is 0 Å². The number of sulfone groups is 1. The summed E-state index contributed by atoms with van der Waals surface area (Å²) in [4.78, 5) is 0. The Morgan fingerprint density at radius 3 is 2.60 bits per heavy atom. The molecule has 0 amide bonds. The Morgan fingerprint density at radius 2 is 2.10 bits per heavy atom. The van der Waals surface area contributed by atoms with Crippen molar-refractivity contribution in [3.8, 4) is 5.75 Å². The van der Waals surface area contributed by atoms with Gasteiger partial charge in [0.1, 0.15) is 5.75 Å². The predicted octanol–water partition coefficient (Wildman–Crippen LogP) is 1.28. The van der Waals surface area contributed by atoms with Crippen LogP contribution in [-0.2, 0) is 19.9 Å². The molecule has 2 rings (SSSR count). The van der Waals surface area contributed by atoms with Gasteiger partial charge in [0, 0.05) is 0 Å². The average Bonchev–Trinajstić information content (AvgIpc) is 2.70. The lowest BCUT2D eigenvalue weighted by atomic mass is 10.3. The molecule has 20 heavy (non-hydrogen) atoms. The Kier molecular flexibility index (Phi) is 4.17. The molecule has 112 valence electrons. The highest BCUT2D eigenvalue weighted by Gasteiger charge is 2.37. The van der Waals surface area contributed by atoms with Crippen LogP contribution in [0.15, 0.2) is 18.2 Å². The maximum Gasteiger partial charge on any atom is 0.236 e. The molecule has 1 aromatic rings. The number of nitrogens with one attached hydrogen (secondary N) is 1. The zero-order valence-corrected chi connectivity index (χ0v) is 13.1. The van der Waals surface area contributed by atoms with Crippen molar-refractivity contribution < 1.29 is 21.6 Å². The fourth-order valence-electron chi connectivity index (χ4n) is 1.98. The number of hydrogen-bond donors (Lipinski definition) is 1. The van der Waals surface area contributed by atoms with Crippen LogP contribution in [0.5, 0.6) is 5.75 Å². The molecule has 1 aliphatic heterocycles. The quantitative estimate of drug-likeness (QED) is 0.892. The molecule has 1 atom stereocenters. The summed E-state index contributed by atoms with van der Waals surface area (Å²) in [6.07, 6.45) is 0.113. The van der Waals surface area contributed by atoms with Gasteiger partial charge in [-0.3, -0.25) is 4.72 Å². The molecular formula is C11H14ClNO5S2. The van der Waals surface area contributed by atoms with Gasteiger partial charge in [0.2, 0.25) is 10.0 Å². The molecule has 0 aliphatic carbocycles. The van der Waals surface area contributed by atoms with Crippen molar-refractivity contribution in [3.05, 3.63) is 23.2 Å². The molecule has 9 heteroatoms. The molecule has 1 aliphatic rings. The number of halogens is 1. The van der Waals surface area contributed by atoms with Crippen molar-refractivity contribution >= 4 is 37.1 Å². The third-order valence-electron chi connectivity index (χ3n) is 3.04. The highest BCUT2D eigenvalue weighted by atomic mass is 35.5. The summed E-state index contributed by atoms with van der Waals surface area (Å²) in [5, 5.41) is -0.653. The summed E-state index contributed by atoms with van der Waals surface area (Å²) in [7, 11) is -5.55. The van der Waals surface area contributed by atoms with Crippen molar-refractivity contribution in [2.45, 2.75) is 11.7 Å². The van der Waals surface area contributed by atoms with Crippen LogP contribution in [0.1, 0.15) is 6.42 Å². The zero-order chi connectivity index (χ0) is 15.0. The number of methoxy groups -OCH3 is 1. The van der Waals surface area contributed by atoms with Gasteiger partial charge in [0.15, 0.2) is 9.84 Å². The van der Waals surface area contributed by atoms with Crippen LogP contribution in [0.4, 0.5) is 5.69 Å². The van der Waals surface area contributed by atoms with Crippen LogP contribution in [0.2, 0.25) is 5.02 Å². The van der Waals surface area contributed by atoms with E-state index in [4.69, 9.17) is 16.3 Å². The summed E-state index contributed by atoms with van der Waals surface area (Å²) in [6.45, 7) is 0. The smallest absolute Gasteiger partial charge is 0.236 e. The maximum atomic E-state index is 12.1. The van der Waals surface area contributed by atoms with Crippen molar-refractivity contribution in [2.75, 3.05) is 23.3 Å². The fraction of sp³-hybridized carbons (Fsp3) is 0.455. The van der Waals surface area contributed by atoms with Crippen LogP contribution < -0.4 is 9.46 Å². The minimum absolute atomic E-state index is 0.0953. The highest BCUT2D eigenvalue weighted by molar-refractivity contribution is 7.97. The van der Waals surface area contributed by atoms with E-state index in [1.165, 1.54) is 25.3 Å². The minimum atomic E-state index is -3.75. The fourth-order valence-corrected chi connectivity index (χ4v) is 6.32. The first kappa shape index (κ1) is 15.4. The topological polar surface area (TPSA) is 89.5 Å². The molecule has 1 fully saturated rings. The van der Waals surface area contributed by atoms with Crippen LogP contribution in [0, 0.1) is 0 Å². The van der Waals surface area contributed by atoms with Gasteiger partial charge >= 0.3 is 0 Å². The summed E-state index contributed by atoms with van der Waals surface area (Å²) in [5.41, 5.74) is 0.278. The van der Waals surface area contributed by atoms with Gasteiger partial charge in [0.05, 0.1) is 34.6 Å². The average molecular weight is 340 g/mol. The summed E-state index contributed by atoms with van der Waals surface area (Å²) in [6, 6.07) is 4.46. The molecule has 0 spiro atoms. The molecule has 1 heterocycles. The Hall–Kier alpha value is -0.990. The van der Waals surface area contributed by atoms with Crippen molar-refractivity contribution in [1.29, 1.82) is 0 Å². The van der Waals surface area contributed by atoms with Crippen LogP contribution >= 0.6 is 11.6 Å². The van der Waals surface area contributed by atoms with E-state index in [1.54, 1.807) is 0 Å². The van der Waals surface area contributed by atoms with Gasteiger partial charge in [-0.05, 0) is 24.6 Å². The first-order chi connectivity index (χ1) is 9.23. The Balaban J connectivity index is 2.19. The first-order valence-corrected chi connectivity index (χ1v) is 9.54. The van der Waals surface area contributed by atoms with Gasteiger partial charge < -0.3 is 4.74 Å². The van der Waals surface area contributed by atoms with E-state index >= 15 is 0 Å². The number of ether oxygens (including phenoxy) is 1. The molecule has 6 nitrogen and oxygen atoms in total. The van der Waals surface area contributed by atoms with E-state index in [0.717, 1.165) is 0 Å². The lowest BCUT2D eigenvalue weighted by molar-refractivity contribution is 0.415. The minimum Gasteiger partial charge on any atom is -0.495 e. The van der Waals surface area contributed by atoms with E-state index in [0.29, 0.717) is 5.75 Å². The monoisotopic (exact) mass is 339 g/mol. The third-order valence-corrected chi connectivity index (χ3v) is 7.12. The standard InChI is InChI=1S/C11H14ClNO5S2/c1-18-11-3-2-8(6-10(11)12)13-20(16,17)9-4-5-19(14,15)7-9/h2-3,6,9,13H,4-5,7H2,1H3. The molecule has 1 saturated heterocycles. The number of anilines is 1. The Morgan fingerprint density at radius 1 is 1.40 bits per heavy atom. The lowest BCUT2D eigenvalue weighted by Crippen LogP contribution is -2.28. The summed E-state index contributed by atoms with van der Waals surface area (Å²) in [5.74, 6) is -0.00759. The van der Waals surface area contributed by atoms with Gasteiger partial charge in [-0.1, -0.05) is 11.6 Å². The van der Waals surface area contributed by atoms with Crippen LogP contribution in [0.25, 0.3) is 0 Å². The molecule has 0 radical (unpaired) electrons. The Bertz CT molecular complexity index is 714. The predicted molar refractivity (Wildman–Crippen MR) is 77.6 cm³/mol. The normalized spacial score (nSPS) is 21.6. The van der Waals surface area contributed by atoms with Gasteiger partial charge in [-0.25, -0.2) is 16.8 Å². The van der Waals surface area contributed by atoms with Crippen LogP contribution in [-0.4, -0.2) is 40.7 Å². The molecular weight excluding hydrogens is 326 g/mol. The van der Waals surface area contributed by atoms with Gasteiger partial charge in [-0.15, -0.1) is 0 Å². The SMILES string of the molecule is COc1ccc(NS(=O)(=O)C2CCS(=O)(=O)C2)cc1Cl.